The van der Waals surface area contributed by atoms with Gasteiger partial charge in [0.15, 0.2) is 11.6 Å². The van der Waals surface area contributed by atoms with Gasteiger partial charge in [-0.25, -0.2) is 4.98 Å². The fraction of sp³-hybridized carbons (Fsp3) is 0.400. The van der Waals surface area contributed by atoms with E-state index < -0.39 is 0 Å². The highest BCUT2D eigenvalue weighted by molar-refractivity contribution is 5.97. The summed E-state index contributed by atoms with van der Waals surface area (Å²) in [6, 6.07) is 3.82. The van der Waals surface area contributed by atoms with Crippen LogP contribution < -0.4 is 4.74 Å². The third-order valence-corrected chi connectivity index (χ3v) is 5.49. The molecule has 3 unspecified atom stereocenters. The van der Waals surface area contributed by atoms with Crippen LogP contribution in [-0.2, 0) is 11.2 Å². The van der Waals surface area contributed by atoms with Gasteiger partial charge in [-0.2, -0.15) is 4.98 Å². The first-order chi connectivity index (χ1) is 12.1. The number of nitrogens with zero attached hydrogens (tertiary/aromatic N) is 3. The summed E-state index contributed by atoms with van der Waals surface area (Å²) >= 11 is 0. The molecule has 25 heavy (non-hydrogen) atoms. The molecule has 2 heterocycles. The van der Waals surface area contributed by atoms with Crippen LogP contribution in [-0.4, -0.2) is 27.8 Å². The van der Waals surface area contributed by atoms with Crippen molar-refractivity contribution < 1.29 is 9.53 Å². The van der Waals surface area contributed by atoms with Crippen molar-refractivity contribution in [1.82, 2.24) is 15.0 Å². The van der Waals surface area contributed by atoms with Gasteiger partial charge < -0.3 is 4.74 Å². The van der Waals surface area contributed by atoms with E-state index in [0.29, 0.717) is 17.6 Å². The molecule has 0 amide bonds. The van der Waals surface area contributed by atoms with Gasteiger partial charge in [-0.15, -0.1) is 0 Å². The molecule has 5 nitrogen and oxygen atoms in total. The van der Waals surface area contributed by atoms with Crippen LogP contribution in [0.2, 0.25) is 0 Å². The summed E-state index contributed by atoms with van der Waals surface area (Å²) in [4.78, 5) is 26.0. The van der Waals surface area contributed by atoms with Crippen LogP contribution in [0.15, 0.2) is 36.2 Å². The maximum absolute atomic E-state index is 12.4. The van der Waals surface area contributed by atoms with Gasteiger partial charge >= 0.3 is 0 Å². The highest BCUT2D eigenvalue weighted by Crippen LogP contribution is 2.46. The quantitative estimate of drug-likeness (QED) is 0.842. The molecular weight excluding hydrogens is 314 g/mol. The molecule has 4 rings (SSSR count). The SMILES string of the molecule is COc1nc(-c2cccnc2)nc2c1CCC1C(C)C(=O)C(C)=CC21. The van der Waals surface area contributed by atoms with Crippen molar-refractivity contribution in [2.24, 2.45) is 11.8 Å². The van der Waals surface area contributed by atoms with Gasteiger partial charge in [-0.05, 0) is 43.4 Å². The van der Waals surface area contributed by atoms with Crippen molar-refractivity contribution in [1.29, 1.82) is 0 Å². The van der Waals surface area contributed by atoms with E-state index in [1.807, 2.05) is 26.0 Å². The lowest BCUT2D eigenvalue weighted by atomic mass is 9.66. The number of rotatable bonds is 2. The van der Waals surface area contributed by atoms with Crippen molar-refractivity contribution in [3.8, 4) is 17.3 Å². The molecule has 5 heteroatoms. The van der Waals surface area contributed by atoms with E-state index in [1.165, 1.54) is 0 Å². The third-order valence-electron chi connectivity index (χ3n) is 5.49. The van der Waals surface area contributed by atoms with E-state index >= 15 is 0 Å². The van der Waals surface area contributed by atoms with Crippen LogP contribution >= 0.6 is 0 Å². The summed E-state index contributed by atoms with van der Waals surface area (Å²) in [5, 5.41) is 0. The zero-order chi connectivity index (χ0) is 17.6. The fourth-order valence-corrected chi connectivity index (χ4v) is 4.15. The largest absolute Gasteiger partial charge is 0.481 e. The first-order valence-corrected chi connectivity index (χ1v) is 8.68. The van der Waals surface area contributed by atoms with Crippen molar-refractivity contribution in [2.75, 3.05) is 7.11 Å². The lowest BCUT2D eigenvalue weighted by molar-refractivity contribution is -0.121. The van der Waals surface area contributed by atoms with E-state index in [-0.39, 0.29) is 17.6 Å². The van der Waals surface area contributed by atoms with Crippen LogP contribution in [0.25, 0.3) is 11.4 Å². The summed E-state index contributed by atoms with van der Waals surface area (Å²) in [5.74, 6) is 2.00. The lowest BCUT2D eigenvalue weighted by Crippen LogP contribution is -2.35. The van der Waals surface area contributed by atoms with Crippen LogP contribution in [0.3, 0.4) is 0 Å². The van der Waals surface area contributed by atoms with Crippen molar-refractivity contribution in [3.63, 3.8) is 0 Å². The minimum absolute atomic E-state index is 0.0333. The Labute approximate surface area is 147 Å². The Morgan fingerprint density at radius 1 is 1.28 bits per heavy atom. The number of pyridine rings is 1. The molecule has 0 aromatic carbocycles. The average Bonchev–Trinajstić information content (AvgIpc) is 2.66. The van der Waals surface area contributed by atoms with Crippen molar-refractivity contribution in [3.05, 3.63) is 47.4 Å². The zero-order valence-corrected chi connectivity index (χ0v) is 14.7. The molecule has 128 valence electrons. The lowest BCUT2D eigenvalue weighted by Gasteiger charge is -2.38. The number of methoxy groups -OCH3 is 1. The first kappa shape index (κ1) is 15.9. The van der Waals surface area contributed by atoms with Gasteiger partial charge in [-0.1, -0.05) is 13.0 Å². The van der Waals surface area contributed by atoms with Crippen molar-refractivity contribution >= 4 is 5.78 Å². The molecule has 0 aliphatic heterocycles. The van der Waals surface area contributed by atoms with Crippen LogP contribution in [0.5, 0.6) is 5.88 Å². The molecule has 0 saturated heterocycles. The Balaban J connectivity index is 1.89. The standard InChI is InChI=1S/C20H21N3O2/c1-11-9-16-14(12(2)18(11)24)6-7-15-17(16)22-19(23-20(15)25-3)13-5-4-8-21-10-13/h4-5,8-10,12,14,16H,6-7H2,1-3H3. The predicted molar refractivity (Wildman–Crippen MR) is 94.3 cm³/mol. The Morgan fingerprint density at radius 3 is 2.84 bits per heavy atom. The Morgan fingerprint density at radius 2 is 2.12 bits per heavy atom. The number of carbonyl (C=O) groups excluding carboxylic acids is 1. The molecule has 0 radical (unpaired) electrons. The number of ether oxygens (including phenoxy) is 1. The molecule has 2 aromatic rings. The molecule has 0 bridgehead atoms. The fourth-order valence-electron chi connectivity index (χ4n) is 4.15. The minimum Gasteiger partial charge on any atom is -0.481 e. The monoisotopic (exact) mass is 335 g/mol. The Hall–Kier alpha value is -2.56. The molecule has 0 saturated carbocycles. The minimum atomic E-state index is 0.0333. The van der Waals surface area contributed by atoms with E-state index in [0.717, 1.165) is 35.2 Å². The van der Waals surface area contributed by atoms with E-state index in [1.54, 1.807) is 19.5 Å². The molecular formula is C20H21N3O2. The van der Waals surface area contributed by atoms with Gasteiger partial charge in [0.05, 0.1) is 12.8 Å². The van der Waals surface area contributed by atoms with E-state index in [9.17, 15) is 4.79 Å². The smallest absolute Gasteiger partial charge is 0.220 e. The van der Waals surface area contributed by atoms with Crippen LogP contribution in [0.4, 0.5) is 0 Å². The molecule has 3 atom stereocenters. The number of hydrogen-bond donors (Lipinski definition) is 0. The number of fused-ring (bicyclic) bond motifs is 3. The molecule has 0 fully saturated rings. The second-order valence-electron chi connectivity index (χ2n) is 6.89. The van der Waals surface area contributed by atoms with Gasteiger partial charge in [0.25, 0.3) is 0 Å². The van der Waals surface area contributed by atoms with E-state index in [4.69, 9.17) is 9.72 Å². The third kappa shape index (κ3) is 2.54. The maximum atomic E-state index is 12.4. The summed E-state index contributed by atoms with van der Waals surface area (Å²) in [5.41, 5.74) is 3.77. The summed E-state index contributed by atoms with van der Waals surface area (Å²) in [6.07, 6.45) is 7.38. The highest BCUT2D eigenvalue weighted by Gasteiger charge is 2.41. The summed E-state index contributed by atoms with van der Waals surface area (Å²) < 4.78 is 5.57. The van der Waals surface area contributed by atoms with Gasteiger partial charge in [0.1, 0.15) is 0 Å². The zero-order valence-electron chi connectivity index (χ0n) is 14.7. The second kappa shape index (κ2) is 6.06. The highest BCUT2D eigenvalue weighted by atomic mass is 16.5. The summed E-state index contributed by atoms with van der Waals surface area (Å²) in [7, 11) is 1.65. The second-order valence-corrected chi connectivity index (χ2v) is 6.89. The number of carbonyl (C=O) groups is 1. The van der Waals surface area contributed by atoms with Gasteiger partial charge in [0.2, 0.25) is 5.88 Å². The van der Waals surface area contributed by atoms with Crippen LogP contribution in [0.1, 0.15) is 37.4 Å². The maximum Gasteiger partial charge on any atom is 0.220 e. The van der Waals surface area contributed by atoms with Crippen molar-refractivity contribution in [2.45, 2.75) is 32.6 Å². The molecule has 0 spiro atoms. The Bertz CT molecular complexity index is 861. The molecule has 0 N–H and O–H groups in total. The first-order valence-electron chi connectivity index (χ1n) is 8.68. The molecule has 2 aromatic heterocycles. The molecule has 2 aliphatic rings. The van der Waals surface area contributed by atoms with Gasteiger partial charge in [0, 0.05) is 35.4 Å². The normalized spacial score (nSPS) is 25.0. The van der Waals surface area contributed by atoms with E-state index in [2.05, 4.69) is 16.0 Å². The Kier molecular flexibility index (Phi) is 3.86. The number of aromatic nitrogens is 3. The average molecular weight is 335 g/mol. The van der Waals surface area contributed by atoms with Gasteiger partial charge in [-0.3, -0.25) is 9.78 Å². The topological polar surface area (TPSA) is 65.0 Å². The number of allylic oxidation sites excluding steroid dienone is 2. The number of Topliss-reactive ketones (excluding diaryl/α,β-unsaturated/α-hetero) is 1. The number of hydrogen-bond acceptors (Lipinski definition) is 5. The number of ketones is 1. The van der Waals surface area contributed by atoms with Crippen LogP contribution in [0, 0.1) is 11.8 Å². The molecule has 2 aliphatic carbocycles. The summed E-state index contributed by atoms with van der Waals surface area (Å²) in [6.45, 7) is 3.95. The predicted octanol–water partition coefficient (Wildman–Crippen LogP) is 3.36.